The van der Waals surface area contributed by atoms with Gasteiger partial charge >= 0.3 is 6.03 Å². The number of pyridine rings is 1. The fraction of sp³-hybridized carbons (Fsp3) is 0.360. The lowest BCUT2D eigenvalue weighted by molar-refractivity contribution is -0.384. The second kappa shape index (κ2) is 8.75. The van der Waals surface area contributed by atoms with Crippen LogP contribution in [0.15, 0.2) is 53.3 Å². The topological polar surface area (TPSA) is 88.7 Å². The monoisotopic (exact) mass is 482 g/mol. The number of carbonyl (C=O) groups is 1. The van der Waals surface area contributed by atoms with Crippen molar-refractivity contribution >= 4 is 28.3 Å². The van der Waals surface area contributed by atoms with Crippen molar-refractivity contribution in [3.05, 3.63) is 80.6 Å². The molecule has 2 saturated heterocycles. The number of likely N-dealkylation sites (tertiary alicyclic amines) is 1. The predicted molar refractivity (Wildman–Crippen MR) is 127 cm³/mol. The molecule has 0 radical (unpaired) electrons. The van der Waals surface area contributed by atoms with Gasteiger partial charge in [-0.1, -0.05) is 0 Å². The Morgan fingerprint density at radius 2 is 1.57 bits per heavy atom. The Bertz CT molecular complexity index is 1370. The predicted octanol–water partition coefficient (Wildman–Crippen LogP) is 4.54. The molecule has 2 fully saturated rings. The van der Waals surface area contributed by atoms with Gasteiger partial charge in [0.25, 0.3) is 11.2 Å². The summed E-state index contributed by atoms with van der Waals surface area (Å²) >= 11 is 0. The Balaban J connectivity index is 1.28. The van der Waals surface area contributed by atoms with E-state index in [4.69, 9.17) is 0 Å². The number of halogens is 2. The van der Waals surface area contributed by atoms with Crippen LogP contribution < -0.4 is 10.5 Å². The van der Waals surface area contributed by atoms with Crippen LogP contribution in [-0.2, 0) is 0 Å². The van der Waals surface area contributed by atoms with Crippen molar-refractivity contribution in [2.75, 3.05) is 31.1 Å². The molecule has 1 aromatic heterocycles. The quantitative estimate of drug-likeness (QED) is 0.395. The molecule has 2 aromatic carbocycles. The van der Waals surface area contributed by atoms with Gasteiger partial charge in [-0.15, -0.1) is 0 Å². The molecule has 2 aliphatic heterocycles. The minimum Gasteiger partial charge on any atom is -0.371 e. The molecule has 10 heteroatoms. The molecule has 1 spiro atoms. The molecule has 182 valence electrons. The maximum Gasteiger partial charge on any atom is 0.331 e. The van der Waals surface area contributed by atoms with Gasteiger partial charge in [0.05, 0.1) is 10.4 Å². The fourth-order valence-corrected chi connectivity index (χ4v) is 5.28. The highest BCUT2D eigenvalue weighted by Gasteiger charge is 2.39. The van der Waals surface area contributed by atoms with E-state index >= 15 is 0 Å². The van der Waals surface area contributed by atoms with Crippen LogP contribution in [0, 0.1) is 27.2 Å². The molecular formula is C25H24F2N4O4. The minimum absolute atomic E-state index is 0.0657. The zero-order valence-corrected chi connectivity index (χ0v) is 19.0. The van der Waals surface area contributed by atoms with Crippen molar-refractivity contribution in [2.45, 2.75) is 25.7 Å². The van der Waals surface area contributed by atoms with Crippen LogP contribution in [0.2, 0.25) is 0 Å². The normalized spacial score (nSPS) is 17.7. The number of nitrogens with zero attached hydrogens (tertiary/aromatic N) is 4. The number of aromatic nitrogens is 1. The van der Waals surface area contributed by atoms with Crippen LogP contribution in [0.5, 0.6) is 0 Å². The van der Waals surface area contributed by atoms with Crippen molar-refractivity contribution in [1.29, 1.82) is 0 Å². The zero-order chi connectivity index (χ0) is 24.7. The summed E-state index contributed by atoms with van der Waals surface area (Å²) in [6.45, 7) is 2.45. The number of hydrogen-bond acceptors (Lipinski definition) is 5. The summed E-state index contributed by atoms with van der Waals surface area (Å²) in [4.78, 5) is 40.2. The van der Waals surface area contributed by atoms with E-state index in [1.54, 1.807) is 11.0 Å². The SMILES string of the molecule is O=C(N1CCC2(CC1)CCN(c1ccc(F)c(F)c1)CC2)n1c(=O)ccc2cc([N+](=O)[O-])ccc21. The van der Waals surface area contributed by atoms with Gasteiger partial charge in [0.2, 0.25) is 0 Å². The molecule has 5 rings (SSSR count). The molecule has 1 amide bonds. The van der Waals surface area contributed by atoms with Crippen LogP contribution in [0.1, 0.15) is 25.7 Å². The summed E-state index contributed by atoms with van der Waals surface area (Å²) in [5.41, 5.74) is 0.493. The van der Waals surface area contributed by atoms with E-state index in [0.717, 1.165) is 49.4 Å². The molecule has 0 bridgehead atoms. The molecule has 3 aromatic rings. The summed E-state index contributed by atoms with van der Waals surface area (Å²) in [5.74, 6) is -1.71. The van der Waals surface area contributed by atoms with Crippen molar-refractivity contribution < 1.29 is 18.5 Å². The molecule has 0 aliphatic carbocycles. The highest BCUT2D eigenvalue weighted by Crippen LogP contribution is 2.42. The fourth-order valence-electron chi connectivity index (χ4n) is 5.28. The molecule has 0 unspecified atom stereocenters. The highest BCUT2D eigenvalue weighted by molar-refractivity contribution is 5.91. The van der Waals surface area contributed by atoms with Crippen LogP contribution in [0.4, 0.5) is 25.0 Å². The molecule has 3 heterocycles. The van der Waals surface area contributed by atoms with Gasteiger partial charge in [-0.2, -0.15) is 0 Å². The average Bonchev–Trinajstić information content (AvgIpc) is 2.86. The van der Waals surface area contributed by atoms with E-state index in [-0.39, 0.29) is 11.1 Å². The average molecular weight is 482 g/mol. The van der Waals surface area contributed by atoms with Gasteiger partial charge < -0.3 is 9.80 Å². The first-order valence-corrected chi connectivity index (χ1v) is 11.6. The minimum atomic E-state index is -0.859. The maximum absolute atomic E-state index is 13.6. The number of fused-ring (bicyclic) bond motifs is 1. The van der Waals surface area contributed by atoms with E-state index in [2.05, 4.69) is 4.90 Å². The summed E-state index contributed by atoms with van der Waals surface area (Å²) < 4.78 is 28.0. The molecule has 2 aliphatic rings. The van der Waals surface area contributed by atoms with E-state index in [1.807, 2.05) is 0 Å². The van der Waals surface area contributed by atoms with Crippen LogP contribution in [0.25, 0.3) is 10.9 Å². The third-order valence-corrected chi connectivity index (χ3v) is 7.47. The molecule has 0 N–H and O–H groups in total. The van der Waals surface area contributed by atoms with Gasteiger partial charge in [-0.3, -0.25) is 14.9 Å². The van der Waals surface area contributed by atoms with Crippen molar-refractivity contribution in [1.82, 2.24) is 9.47 Å². The van der Waals surface area contributed by atoms with Crippen molar-refractivity contribution in [2.24, 2.45) is 5.41 Å². The van der Waals surface area contributed by atoms with Gasteiger partial charge in [-0.05, 0) is 55.4 Å². The van der Waals surface area contributed by atoms with E-state index in [1.165, 1.54) is 36.4 Å². The Morgan fingerprint density at radius 3 is 2.23 bits per heavy atom. The largest absolute Gasteiger partial charge is 0.371 e. The number of nitro benzene ring substituents is 1. The lowest BCUT2D eigenvalue weighted by Gasteiger charge is -2.47. The maximum atomic E-state index is 13.6. The van der Waals surface area contributed by atoms with Crippen molar-refractivity contribution in [3.8, 4) is 0 Å². The molecule has 0 atom stereocenters. The van der Waals surface area contributed by atoms with Crippen LogP contribution >= 0.6 is 0 Å². The number of hydrogen-bond donors (Lipinski definition) is 0. The highest BCUT2D eigenvalue weighted by atomic mass is 19.2. The number of nitro groups is 1. The van der Waals surface area contributed by atoms with Crippen LogP contribution in [0.3, 0.4) is 0 Å². The van der Waals surface area contributed by atoms with Gasteiger partial charge in [0.15, 0.2) is 11.6 Å². The standard InChI is InChI=1S/C25H24F2N4O4/c26-20-4-2-18(16-21(20)27)28-11-7-25(8-12-28)9-13-29(14-10-25)24(33)30-22-5-3-19(31(34)35)15-17(22)1-6-23(30)32/h1-6,15-16H,7-14H2. The Kier molecular flexibility index (Phi) is 5.74. The van der Waals surface area contributed by atoms with E-state index in [0.29, 0.717) is 29.7 Å². The molecule has 8 nitrogen and oxygen atoms in total. The number of carbonyl (C=O) groups excluding carboxylic acids is 1. The Morgan fingerprint density at radius 1 is 0.886 bits per heavy atom. The van der Waals surface area contributed by atoms with Crippen LogP contribution in [-0.4, -0.2) is 46.6 Å². The lowest BCUT2D eigenvalue weighted by Crippen LogP contribution is -2.50. The number of anilines is 1. The molecule has 35 heavy (non-hydrogen) atoms. The number of amides is 1. The van der Waals surface area contributed by atoms with Gasteiger partial charge in [-0.25, -0.2) is 18.1 Å². The van der Waals surface area contributed by atoms with Crippen molar-refractivity contribution in [3.63, 3.8) is 0 Å². The number of non-ortho nitro benzene ring substituents is 1. The number of rotatable bonds is 2. The second-order valence-corrected chi connectivity index (χ2v) is 9.36. The number of benzene rings is 2. The third-order valence-electron chi connectivity index (χ3n) is 7.47. The second-order valence-electron chi connectivity index (χ2n) is 9.36. The van der Waals surface area contributed by atoms with Gasteiger partial charge in [0.1, 0.15) is 0 Å². The summed E-state index contributed by atoms with van der Waals surface area (Å²) in [6, 6.07) is 10.4. The Labute approximate surface area is 199 Å². The molecular weight excluding hydrogens is 458 g/mol. The number of piperidine rings is 2. The third kappa shape index (κ3) is 4.24. The summed E-state index contributed by atoms with van der Waals surface area (Å²) in [6.07, 6.45) is 3.34. The molecule has 0 saturated carbocycles. The lowest BCUT2D eigenvalue weighted by atomic mass is 9.71. The van der Waals surface area contributed by atoms with Gasteiger partial charge in [0, 0.05) is 61.5 Å². The van der Waals surface area contributed by atoms with E-state index in [9.17, 15) is 28.5 Å². The first kappa shape index (κ1) is 22.9. The first-order valence-electron chi connectivity index (χ1n) is 11.6. The first-order chi connectivity index (χ1) is 16.8. The summed E-state index contributed by atoms with van der Waals surface area (Å²) in [5, 5.41) is 11.5. The Hall–Kier alpha value is -3.82. The smallest absolute Gasteiger partial charge is 0.331 e. The summed E-state index contributed by atoms with van der Waals surface area (Å²) in [7, 11) is 0. The zero-order valence-electron chi connectivity index (χ0n) is 19.0. The van der Waals surface area contributed by atoms with E-state index < -0.39 is 28.1 Å².